The van der Waals surface area contributed by atoms with Crippen LogP contribution in [-0.4, -0.2) is 52.4 Å². The molecule has 3 heterocycles. The summed E-state index contributed by atoms with van der Waals surface area (Å²) in [6.07, 6.45) is 8.28. The molecule has 0 saturated carbocycles. The van der Waals surface area contributed by atoms with Gasteiger partial charge >= 0.3 is 0 Å². The molecule has 1 aliphatic rings. The van der Waals surface area contributed by atoms with Crippen molar-refractivity contribution in [2.24, 2.45) is 0 Å². The molecule has 0 atom stereocenters. The Labute approximate surface area is 188 Å². The maximum Gasteiger partial charge on any atom is 0.277 e. The zero-order valence-electron chi connectivity index (χ0n) is 17.6. The smallest absolute Gasteiger partial charge is 0.277 e. The van der Waals surface area contributed by atoms with Gasteiger partial charge in [0.15, 0.2) is 16.6 Å². The number of ether oxygens (including phenoxy) is 2. The molecule has 9 nitrogen and oxygen atoms in total. The van der Waals surface area contributed by atoms with E-state index in [4.69, 9.17) is 9.47 Å². The van der Waals surface area contributed by atoms with E-state index in [9.17, 15) is 9.59 Å². The summed E-state index contributed by atoms with van der Waals surface area (Å²) < 4.78 is 10.5. The fraction of sp³-hybridized carbons (Fsp3) is 0.227. The van der Waals surface area contributed by atoms with Crippen LogP contribution in [0.15, 0.2) is 42.9 Å². The van der Waals surface area contributed by atoms with Gasteiger partial charge in [0.1, 0.15) is 5.69 Å². The van der Waals surface area contributed by atoms with Crippen LogP contribution in [0.5, 0.6) is 11.5 Å². The molecule has 0 bridgehead atoms. The Morgan fingerprint density at radius 1 is 1.19 bits per heavy atom. The first-order chi connectivity index (χ1) is 15.6. The molecule has 164 valence electrons. The van der Waals surface area contributed by atoms with Gasteiger partial charge in [-0.15, -0.1) is 0 Å². The van der Waals surface area contributed by atoms with E-state index in [2.05, 4.69) is 20.3 Å². The normalized spacial score (nSPS) is 13.0. The second-order valence-electron chi connectivity index (χ2n) is 6.89. The molecule has 1 aliphatic heterocycles. The summed E-state index contributed by atoms with van der Waals surface area (Å²) in [4.78, 5) is 40.1. The third-order valence-electron chi connectivity index (χ3n) is 4.89. The van der Waals surface area contributed by atoms with E-state index in [1.165, 1.54) is 29.9 Å². The molecule has 0 saturated heterocycles. The second kappa shape index (κ2) is 9.56. The Hall–Kier alpha value is -3.79. The summed E-state index contributed by atoms with van der Waals surface area (Å²) in [7, 11) is 3.15. The molecular weight excluding hydrogens is 430 g/mol. The quantitative estimate of drug-likeness (QED) is 0.574. The number of benzene rings is 1. The van der Waals surface area contributed by atoms with Gasteiger partial charge in [0.2, 0.25) is 5.91 Å². The third-order valence-corrected chi connectivity index (χ3v) is 5.88. The van der Waals surface area contributed by atoms with E-state index in [0.717, 1.165) is 16.1 Å². The van der Waals surface area contributed by atoms with Crippen molar-refractivity contribution in [1.82, 2.24) is 19.9 Å². The maximum atomic E-state index is 12.7. The van der Waals surface area contributed by atoms with Crippen molar-refractivity contribution in [2.45, 2.75) is 13.0 Å². The fourth-order valence-electron chi connectivity index (χ4n) is 3.24. The highest BCUT2D eigenvalue weighted by molar-refractivity contribution is 7.15. The molecule has 10 heteroatoms. The Balaban J connectivity index is 1.40. The van der Waals surface area contributed by atoms with E-state index in [0.29, 0.717) is 36.1 Å². The Morgan fingerprint density at radius 2 is 2.03 bits per heavy atom. The minimum absolute atomic E-state index is 0.0935. The number of hydrogen-bond acceptors (Lipinski definition) is 8. The number of hydrogen-bond donors (Lipinski definition) is 1. The lowest BCUT2D eigenvalue weighted by atomic mass is 10.1. The highest BCUT2D eigenvalue weighted by Gasteiger charge is 2.24. The Bertz CT molecular complexity index is 1160. The van der Waals surface area contributed by atoms with Gasteiger partial charge in [-0.25, -0.2) is 9.97 Å². The lowest BCUT2D eigenvalue weighted by Crippen LogP contribution is -2.34. The monoisotopic (exact) mass is 451 g/mol. The molecular formula is C22H21N5O4S. The molecule has 4 rings (SSSR count). The molecule has 3 aromatic rings. The number of methoxy groups -OCH3 is 2. The maximum absolute atomic E-state index is 12.7. The van der Waals surface area contributed by atoms with Crippen LogP contribution in [0.25, 0.3) is 6.08 Å². The van der Waals surface area contributed by atoms with Gasteiger partial charge < -0.3 is 14.4 Å². The van der Waals surface area contributed by atoms with Crippen LogP contribution in [0.1, 0.15) is 26.6 Å². The molecule has 1 aromatic carbocycles. The van der Waals surface area contributed by atoms with Gasteiger partial charge in [0.05, 0.1) is 32.7 Å². The fourth-order valence-corrected chi connectivity index (χ4v) is 4.26. The lowest BCUT2D eigenvalue weighted by Gasteiger charge is -2.24. The zero-order chi connectivity index (χ0) is 22.5. The van der Waals surface area contributed by atoms with Crippen molar-refractivity contribution in [3.63, 3.8) is 0 Å². The summed E-state index contributed by atoms with van der Waals surface area (Å²) in [5, 5.41) is 3.24. The Morgan fingerprint density at radius 3 is 2.78 bits per heavy atom. The second-order valence-corrected chi connectivity index (χ2v) is 7.97. The topological polar surface area (TPSA) is 107 Å². The lowest BCUT2D eigenvalue weighted by molar-refractivity contribution is -0.126. The van der Waals surface area contributed by atoms with E-state index in [1.54, 1.807) is 37.3 Å². The van der Waals surface area contributed by atoms with Gasteiger partial charge in [-0.3, -0.25) is 19.9 Å². The first kappa shape index (κ1) is 21.4. The average molecular weight is 452 g/mol. The standard InChI is InChI=1S/C22H21N5O4S/c1-30-17-5-3-14(11-18(17)31-2)4-6-20(28)27-10-7-15-19(13-27)32-22(25-15)26-21(29)16-12-23-8-9-24-16/h3-6,8-9,11-12H,7,10,13H2,1-2H3,(H,25,26,29)/b6-4+. The predicted molar refractivity (Wildman–Crippen MR) is 120 cm³/mol. The summed E-state index contributed by atoms with van der Waals surface area (Å²) in [5.74, 6) is 0.774. The number of nitrogens with one attached hydrogen (secondary N) is 1. The van der Waals surface area contributed by atoms with Gasteiger partial charge in [-0.2, -0.15) is 0 Å². The molecule has 1 N–H and O–H groups in total. The number of aromatic nitrogens is 3. The summed E-state index contributed by atoms with van der Waals surface area (Å²) >= 11 is 1.36. The van der Waals surface area contributed by atoms with Crippen LogP contribution in [0, 0.1) is 0 Å². The van der Waals surface area contributed by atoms with E-state index in [1.807, 2.05) is 12.1 Å². The third kappa shape index (κ3) is 4.75. The number of amides is 2. The number of carbonyl (C=O) groups is 2. The van der Waals surface area contributed by atoms with Gasteiger partial charge in [-0.05, 0) is 23.8 Å². The number of nitrogens with zero attached hydrogens (tertiary/aromatic N) is 4. The van der Waals surface area contributed by atoms with Crippen LogP contribution in [0.3, 0.4) is 0 Å². The van der Waals surface area contributed by atoms with Crippen molar-refractivity contribution in [2.75, 3.05) is 26.1 Å². The van der Waals surface area contributed by atoms with E-state index < -0.39 is 0 Å². The van der Waals surface area contributed by atoms with Gasteiger partial charge in [-0.1, -0.05) is 17.4 Å². The average Bonchev–Trinajstić information content (AvgIpc) is 3.24. The summed E-state index contributed by atoms with van der Waals surface area (Å²) in [6.45, 7) is 1.01. The first-order valence-electron chi connectivity index (χ1n) is 9.82. The largest absolute Gasteiger partial charge is 0.493 e. The van der Waals surface area contributed by atoms with Crippen LogP contribution in [0.2, 0.25) is 0 Å². The van der Waals surface area contributed by atoms with Crippen molar-refractivity contribution in [3.05, 3.63) is 64.7 Å². The van der Waals surface area contributed by atoms with E-state index in [-0.39, 0.29) is 17.5 Å². The van der Waals surface area contributed by atoms with Crippen molar-refractivity contribution < 1.29 is 19.1 Å². The van der Waals surface area contributed by atoms with Crippen molar-refractivity contribution in [3.8, 4) is 11.5 Å². The molecule has 0 aliphatic carbocycles. The summed E-state index contributed by atoms with van der Waals surface area (Å²) in [5.41, 5.74) is 1.95. The van der Waals surface area contributed by atoms with Crippen LogP contribution >= 0.6 is 11.3 Å². The molecule has 0 spiro atoms. The minimum atomic E-state index is -0.366. The van der Waals surface area contributed by atoms with Crippen LogP contribution in [-0.2, 0) is 17.8 Å². The van der Waals surface area contributed by atoms with Crippen LogP contribution < -0.4 is 14.8 Å². The molecule has 32 heavy (non-hydrogen) atoms. The highest BCUT2D eigenvalue weighted by Crippen LogP contribution is 2.30. The molecule has 2 aromatic heterocycles. The highest BCUT2D eigenvalue weighted by atomic mass is 32.1. The predicted octanol–water partition coefficient (Wildman–Crippen LogP) is 2.80. The summed E-state index contributed by atoms with van der Waals surface area (Å²) in [6, 6.07) is 5.46. The zero-order valence-corrected chi connectivity index (χ0v) is 18.4. The van der Waals surface area contributed by atoms with Crippen molar-refractivity contribution >= 4 is 34.4 Å². The van der Waals surface area contributed by atoms with E-state index >= 15 is 0 Å². The number of carbonyl (C=O) groups excluding carboxylic acids is 2. The molecule has 0 radical (unpaired) electrons. The SMILES string of the molecule is COc1ccc(/C=C/C(=O)N2CCc3nc(NC(=O)c4cnccn4)sc3C2)cc1OC. The van der Waals surface area contributed by atoms with Crippen molar-refractivity contribution in [1.29, 1.82) is 0 Å². The number of rotatable bonds is 6. The number of fused-ring (bicyclic) bond motifs is 1. The minimum Gasteiger partial charge on any atom is -0.493 e. The first-order valence-corrected chi connectivity index (χ1v) is 10.6. The van der Waals surface area contributed by atoms with Gasteiger partial charge in [0.25, 0.3) is 5.91 Å². The number of anilines is 1. The molecule has 2 amide bonds. The van der Waals surface area contributed by atoms with Gasteiger partial charge in [0, 0.05) is 36.3 Å². The molecule has 0 fully saturated rings. The molecule has 0 unspecified atom stereocenters. The Kier molecular flexibility index (Phi) is 6.41. The number of thiazole rings is 1. The van der Waals surface area contributed by atoms with Crippen LogP contribution in [0.4, 0.5) is 5.13 Å².